The maximum absolute atomic E-state index is 11.4. The summed E-state index contributed by atoms with van der Waals surface area (Å²) in [5.41, 5.74) is 2.53. The van der Waals surface area contributed by atoms with Gasteiger partial charge in [0.15, 0.2) is 0 Å². The second-order valence-electron chi connectivity index (χ2n) is 10.1. The van der Waals surface area contributed by atoms with Crippen molar-refractivity contribution in [2.24, 2.45) is 34.5 Å². The fourth-order valence-corrected chi connectivity index (χ4v) is 8.94. The van der Waals surface area contributed by atoms with Crippen LogP contribution in [0, 0.1) is 34.5 Å². The van der Waals surface area contributed by atoms with E-state index < -0.39 is 0 Å². The molecular formula is C23H35IO2. The van der Waals surface area contributed by atoms with E-state index in [2.05, 4.69) is 49.4 Å². The number of alkyl halides is 1. The van der Waals surface area contributed by atoms with Crippen molar-refractivity contribution in [1.29, 1.82) is 0 Å². The van der Waals surface area contributed by atoms with Gasteiger partial charge in [-0.1, -0.05) is 55.0 Å². The maximum atomic E-state index is 11.4. The highest BCUT2D eigenvalue weighted by Gasteiger charge is 2.59. The minimum atomic E-state index is -0.119. The number of carbonyl (C=O) groups is 1. The van der Waals surface area contributed by atoms with Gasteiger partial charge in [0.25, 0.3) is 0 Å². The highest BCUT2D eigenvalue weighted by Crippen LogP contribution is 2.67. The molecule has 0 aliphatic heterocycles. The number of ether oxygens (including phenoxy) is 1. The molecule has 26 heavy (non-hydrogen) atoms. The summed E-state index contributed by atoms with van der Waals surface area (Å²) in [7, 11) is 0. The van der Waals surface area contributed by atoms with Crippen molar-refractivity contribution in [3.63, 3.8) is 0 Å². The first-order valence-electron chi connectivity index (χ1n) is 10.8. The van der Waals surface area contributed by atoms with Crippen molar-refractivity contribution < 1.29 is 9.53 Å². The third-order valence-electron chi connectivity index (χ3n) is 9.02. The third kappa shape index (κ3) is 2.90. The Kier molecular flexibility index (Phi) is 5.02. The molecule has 0 aromatic heterocycles. The van der Waals surface area contributed by atoms with Crippen LogP contribution < -0.4 is 0 Å². The monoisotopic (exact) mass is 470 g/mol. The van der Waals surface area contributed by atoms with E-state index in [1.165, 1.54) is 38.5 Å². The fourth-order valence-electron chi connectivity index (χ4n) is 7.76. The molecule has 4 aliphatic rings. The van der Waals surface area contributed by atoms with Crippen molar-refractivity contribution in [3.8, 4) is 0 Å². The summed E-state index contributed by atoms with van der Waals surface area (Å²) in [6.45, 7) is 9.14. The molecule has 146 valence electrons. The molecule has 3 heteroatoms. The number of allylic oxidation sites excluding steroid dienone is 1. The Morgan fingerprint density at radius 3 is 2.65 bits per heavy atom. The van der Waals surface area contributed by atoms with Gasteiger partial charge in [-0.2, -0.15) is 0 Å². The molecule has 0 amide bonds. The molecule has 0 aromatic carbocycles. The number of rotatable bonds is 2. The molecule has 0 bridgehead atoms. The Labute approximate surface area is 173 Å². The molecule has 3 saturated carbocycles. The summed E-state index contributed by atoms with van der Waals surface area (Å²) in [5, 5.41) is 0. The van der Waals surface area contributed by atoms with Gasteiger partial charge in [0.1, 0.15) is 6.10 Å². The maximum Gasteiger partial charge on any atom is 0.302 e. The lowest BCUT2D eigenvalue weighted by Crippen LogP contribution is -2.51. The summed E-state index contributed by atoms with van der Waals surface area (Å²) in [6.07, 6.45) is 12.9. The van der Waals surface area contributed by atoms with Gasteiger partial charge in [-0.25, -0.2) is 0 Å². The molecule has 5 unspecified atom stereocenters. The average molecular weight is 470 g/mol. The molecule has 4 rings (SSSR count). The van der Waals surface area contributed by atoms with Crippen LogP contribution in [0.4, 0.5) is 0 Å². The molecule has 4 aliphatic carbocycles. The zero-order valence-corrected chi connectivity index (χ0v) is 19.1. The van der Waals surface area contributed by atoms with E-state index in [-0.39, 0.29) is 12.1 Å². The highest BCUT2D eigenvalue weighted by atomic mass is 127. The summed E-state index contributed by atoms with van der Waals surface area (Å²) in [6, 6.07) is 0. The summed E-state index contributed by atoms with van der Waals surface area (Å²) in [4.78, 5) is 11.4. The SMILES string of the molecule is CC(=O)O[C@H]1CC[C@@]2(C)C(=CCC3C4CCC(C(C)I)[C@@]4(C)CCC32)C1. The predicted molar refractivity (Wildman–Crippen MR) is 114 cm³/mol. The van der Waals surface area contributed by atoms with Gasteiger partial charge < -0.3 is 4.74 Å². The van der Waals surface area contributed by atoms with E-state index in [1.54, 1.807) is 12.5 Å². The summed E-state index contributed by atoms with van der Waals surface area (Å²) < 4.78 is 6.36. The Hall–Kier alpha value is -0.0600. The number of esters is 1. The normalized spacial score (nSPS) is 48.7. The van der Waals surface area contributed by atoms with E-state index in [0.717, 1.165) is 40.4 Å². The quantitative estimate of drug-likeness (QED) is 0.204. The van der Waals surface area contributed by atoms with Gasteiger partial charge in [0.05, 0.1) is 0 Å². The Morgan fingerprint density at radius 2 is 1.96 bits per heavy atom. The van der Waals surface area contributed by atoms with Crippen molar-refractivity contribution in [1.82, 2.24) is 0 Å². The van der Waals surface area contributed by atoms with Crippen molar-refractivity contribution in [2.75, 3.05) is 0 Å². The first-order valence-corrected chi connectivity index (χ1v) is 12.0. The average Bonchev–Trinajstić information content (AvgIpc) is 2.92. The van der Waals surface area contributed by atoms with Crippen molar-refractivity contribution in [2.45, 2.75) is 89.1 Å². The molecule has 0 saturated heterocycles. The van der Waals surface area contributed by atoms with Crippen LogP contribution in [0.1, 0.15) is 79.1 Å². The van der Waals surface area contributed by atoms with Crippen molar-refractivity contribution >= 4 is 28.6 Å². The Balaban J connectivity index is 1.58. The van der Waals surface area contributed by atoms with Crippen LogP contribution in [0.2, 0.25) is 0 Å². The molecule has 3 fully saturated rings. The van der Waals surface area contributed by atoms with Gasteiger partial charge >= 0.3 is 5.97 Å². The number of fused-ring (bicyclic) bond motifs is 5. The standard InChI is InChI=1S/C23H35IO2/c1-14(24)19-7-8-20-18-6-5-16-13-17(26-15(2)25)9-11-22(16,3)21(18)10-12-23(19,20)4/h5,14,17-21H,6-13H2,1-4H3/t14?,17-,18?,19?,20?,21?,22-,23+/m0/s1. The van der Waals surface area contributed by atoms with E-state index in [4.69, 9.17) is 4.74 Å². The predicted octanol–water partition coefficient (Wildman–Crippen LogP) is 6.32. The lowest BCUT2D eigenvalue weighted by Gasteiger charge is -2.58. The van der Waals surface area contributed by atoms with Gasteiger partial charge in [0, 0.05) is 17.3 Å². The second-order valence-corrected chi connectivity index (χ2v) is 12.1. The molecular weight excluding hydrogens is 435 g/mol. The third-order valence-corrected chi connectivity index (χ3v) is 9.89. The van der Waals surface area contributed by atoms with Crippen LogP contribution in [-0.2, 0) is 9.53 Å². The zero-order valence-electron chi connectivity index (χ0n) is 16.9. The first-order chi connectivity index (χ1) is 12.3. The number of halogens is 1. The van der Waals surface area contributed by atoms with E-state index in [9.17, 15) is 4.79 Å². The van der Waals surface area contributed by atoms with E-state index in [1.807, 2.05) is 0 Å². The molecule has 0 aromatic rings. The lowest BCUT2D eigenvalue weighted by atomic mass is 9.47. The topological polar surface area (TPSA) is 26.3 Å². The number of carbonyl (C=O) groups excluding carboxylic acids is 1. The van der Waals surface area contributed by atoms with Crippen LogP contribution in [-0.4, -0.2) is 16.0 Å². The molecule has 2 nitrogen and oxygen atoms in total. The first kappa shape index (κ1) is 19.3. The van der Waals surface area contributed by atoms with Gasteiger partial charge in [-0.3, -0.25) is 4.79 Å². The molecule has 8 atom stereocenters. The second kappa shape index (κ2) is 6.77. The minimum absolute atomic E-state index is 0.118. The lowest BCUT2D eigenvalue weighted by molar-refractivity contribution is -0.148. The van der Waals surface area contributed by atoms with Gasteiger partial charge in [0.2, 0.25) is 0 Å². The molecule has 0 N–H and O–H groups in total. The highest BCUT2D eigenvalue weighted by molar-refractivity contribution is 14.1. The minimum Gasteiger partial charge on any atom is -0.462 e. The Morgan fingerprint density at radius 1 is 1.19 bits per heavy atom. The van der Waals surface area contributed by atoms with Crippen LogP contribution >= 0.6 is 22.6 Å². The number of hydrogen-bond donors (Lipinski definition) is 0. The largest absolute Gasteiger partial charge is 0.462 e. The Bertz CT molecular complexity index is 611. The van der Waals surface area contributed by atoms with Gasteiger partial charge in [-0.15, -0.1) is 0 Å². The van der Waals surface area contributed by atoms with E-state index >= 15 is 0 Å². The van der Waals surface area contributed by atoms with Crippen LogP contribution in [0.5, 0.6) is 0 Å². The smallest absolute Gasteiger partial charge is 0.302 e. The van der Waals surface area contributed by atoms with Gasteiger partial charge in [-0.05, 0) is 79.4 Å². The van der Waals surface area contributed by atoms with Crippen LogP contribution in [0.15, 0.2) is 11.6 Å². The molecule has 0 spiro atoms. The molecule has 0 heterocycles. The summed E-state index contributed by atoms with van der Waals surface area (Å²) in [5.74, 6) is 3.44. The molecule has 0 radical (unpaired) electrons. The zero-order chi connectivity index (χ0) is 18.7. The number of hydrogen-bond acceptors (Lipinski definition) is 2. The van der Waals surface area contributed by atoms with Crippen LogP contribution in [0.25, 0.3) is 0 Å². The van der Waals surface area contributed by atoms with Crippen molar-refractivity contribution in [3.05, 3.63) is 11.6 Å². The van der Waals surface area contributed by atoms with E-state index in [0.29, 0.717) is 10.8 Å². The fraction of sp³-hybridized carbons (Fsp3) is 0.870. The summed E-state index contributed by atoms with van der Waals surface area (Å²) >= 11 is 2.68. The van der Waals surface area contributed by atoms with Crippen LogP contribution in [0.3, 0.4) is 0 Å².